The summed E-state index contributed by atoms with van der Waals surface area (Å²) in [6.45, 7) is 5.18. The van der Waals surface area contributed by atoms with Gasteiger partial charge in [0.25, 0.3) is 0 Å². The largest absolute Gasteiger partial charge is 0.326 e. The number of hydrogen-bond donors (Lipinski definition) is 2. The lowest BCUT2D eigenvalue weighted by Gasteiger charge is -2.24. The molecule has 34 heavy (non-hydrogen) atoms. The molecule has 2 N–H and O–H groups in total. The van der Waals surface area contributed by atoms with Gasteiger partial charge in [-0.1, -0.05) is 42.8 Å². The first-order chi connectivity index (χ1) is 16.0. The third kappa shape index (κ3) is 6.21. The van der Waals surface area contributed by atoms with Crippen LogP contribution in [0.4, 0.5) is 11.5 Å². The van der Waals surface area contributed by atoms with Crippen LogP contribution in [-0.4, -0.2) is 31.0 Å². The Morgan fingerprint density at radius 3 is 2.21 bits per heavy atom. The third-order valence-electron chi connectivity index (χ3n) is 5.45. The van der Waals surface area contributed by atoms with E-state index < -0.39 is 15.3 Å². The van der Waals surface area contributed by atoms with Crippen molar-refractivity contribution in [1.29, 1.82) is 0 Å². The van der Waals surface area contributed by atoms with Crippen molar-refractivity contribution in [2.45, 2.75) is 37.5 Å². The van der Waals surface area contributed by atoms with Crippen LogP contribution < -0.4 is 10.6 Å². The predicted molar refractivity (Wildman–Crippen MR) is 134 cm³/mol. The molecule has 0 atom stereocenters. The minimum atomic E-state index is -3.27. The molecular formula is C25H26ClN3O4S. The zero-order valence-electron chi connectivity index (χ0n) is 19.1. The molecule has 0 unspecified atom stereocenters. The lowest BCUT2D eigenvalue weighted by molar-refractivity contribution is -0.120. The van der Waals surface area contributed by atoms with Gasteiger partial charge in [-0.25, -0.2) is 13.4 Å². The van der Waals surface area contributed by atoms with Crippen LogP contribution in [0.3, 0.4) is 0 Å². The maximum Gasteiger partial charge on any atom is 0.235 e. The van der Waals surface area contributed by atoms with Gasteiger partial charge in [-0.05, 0) is 61.4 Å². The van der Waals surface area contributed by atoms with Crippen molar-refractivity contribution in [3.8, 4) is 0 Å². The van der Waals surface area contributed by atoms with Gasteiger partial charge < -0.3 is 10.6 Å². The summed E-state index contributed by atoms with van der Waals surface area (Å²) < 4.78 is 23.8. The number of anilines is 2. The van der Waals surface area contributed by atoms with Crippen molar-refractivity contribution in [3.05, 3.63) is 83.0 Å². The Hall–Kier alpha value is -3.23. The van der Waals surface area contributed by atoms with Gasteiger partial charge in [0.2, 0.25) is 11.8 Å². The molecule has 3 rings (SSSR count). The highest BCUT2D eigenvalue weighted by atomic mass is 35.5. The highest BCUT2D eigenvalue weighted by molar-refractivity contribution is 7.91. The van der Waals surface area contributed by atoms with Gasteiger partial charge in [-0.3, -0.25) is 9.59 Å². The molecule has 0 fully saturated rings. The maximum absolute atomic E-state index is 12.8. The number of halogens is 1. The molecule has 1 heterocycles. The molecule has 0 bridgehead atoms. The molecule has 0 aliphatic carbocycles. The number of sulfone groups is 1. The van der Waals surface area contributed by atoms with Gasteiger partial charge in [-0.15, -0.1) is 0 Å². The van der Waals surface area contributed by atoms with Crippen LogP contribution in [-0.2, 0) is 31.3 Å². The van der Waals surface area contributed by atoms with E-state index in [2.05, 4.69) is 15.6 Å². The summed E-state index contributed by atoms with van der Waals surface area (Å²) in [6.07, 6.45) is 1.62. The molecule has 0 aliphatic rings. The minimum Gasteiger partial charge on any atom is -0.326 e. The first kappa shape index (κ1) is 25.4. The molecule has 9 heteroatoms. The molecular weight excluding hydrogens is 474 g/mol. The summed E-state index contributed by atoms with van der Waals surface area (Å²) in [5, 5.41) is 6.07. The quantitative estimate of drug-likeness (QED) is 0.470. The average Bonchev–Trinajstić information content (AvgIpc) is 2.79. The van der Waals surface area contributed by atoms with Crippen LogP contribution in [0.2, 0.25) is 5.02 Å². The SMILES string of the molecule is CCS(=O)(=O)c1ccc(CC(=O)Nc2ccc(C(C)(C)C(=O)Nc3cc(Cl)ccn3)cc2)cc1. The van der Waals surface area contributed by atoms with Crippen molar-refractivity contribution in [2.24, 2.45) is 0 Å². The van der Waals surface area contributed by atoms with Gasteiger partial charge in [0.1, 0.15) is 5.82 Å². The van der Waals surface area contributed by atoms with Crippen LogP contribution in [0.15, 0.2) is 71.8 Å². The number of pyridine rings is 1. The fraction of sp³-hybridized carbons (Fsp3) is 0.240. The number of benzene rings is 2. The van der Waals surface area contributed by atoms with E-state index in [1.54, 1.807) is 69.3 Å². The summed E-state index contributed by atoms with van der Waals surface area (Å²) in [6, 6.07) is 16.5. The first-order valence-corrected chi connectivity index (χ1v) is 12.7. The van der Waals surface area contributed by atoms with E-state index in [1.807, 2.05) is 0 Å². The second-order valence-electron chi connectivity index (χ2n) is 8.29. The summed E-state index contributed by atoms with van der Waals surface area (Å²) in [7, 11) is -3.27. The third-order valence-corrected chi connectivity index (χ3v) is 7.43. The number of nitrogens with zero attached hydrogens (tertiary/aromatic N) is 1. The standard InChI is InChI=1S/C25H26ClN3O4S/c1-4-34(32,33)21-11-5-17(6-12-21)15-23(30)28-20-9-7-18(8-10-20)25(2,3)24(31)29-22-16-19(26)13-14-27-22/h5-14,16H,4,15H2,1-3H3,(H,28,30)(H,27,29,31). The van der Waals surface area contributed by atoms with E-state index in [9.17, 15) is 18.0 Å². The van der Waals surface area contributed by atoms with Gasteiger partial charge in [0.05, 0.1) is 22.5 Å². The predicted octanol–water partition coefficient (Wildman–Crippen LogP) is 4.63. The number of aromatic nitrogens is 1. The Balaban J connectivity index is 1.62. The number of amides is 2. The normalized spacial score (nSPS) is 11.6. The number of rotatable bonds is 8. The second-order valence-corrected chi connectivity index (χ2v) is 11.0. The molecule has 1 aromatic heterocycles. The van der Waals surface area contributed by atoms with E-state index in [0.29, 0.717) is 22.1 Å². The van der Waals surface area contributed by atoms with Crippen molar-refractivity contribution >= 4 is 44.8 Å². The van der Waals surface area contributed by atoms with Crippen molar-refractivity contribution in [2.75, 3.05) is 16.4 Å². The Labute approximate surface area is 204 Å². The molecule has 0 radical (unpaired) electrons. The van der Waals surface area contributed by atoms with Crippen LogP contribution >= 0.6 is 11.6 Å². The monoisotopic (exact) mass is 499 g/mol. The van der Waals surface area contributed by atoms with Crippen LogP contribution in [0.1, 0.15) is 31.9 Å². The fourth-order valence-corrected chi connectivity index (χ4v) is 4.26. The Morgan fingerprint density at radius 2 is 1.62 bits per heavy atom. The molecule has 3 aromatic rings. The number of hydrogen-bond acceptors (Lipinski definition) is 5. The molecule has 0 spiro atoms. The Bertz CT molecular complexity index is 1290. The maximum atomic E-state index is 12.8. The number of nitrogens with one attached hydrogen (secondary N) is 2. The number of carbonyl (C=O) groups excluding carboxylic acids is 2. The fourth-order valence-electron chi connectivity index (χ4n) is 3.22. The zero-order valence-corrected chi connectivity index (χ0v) is 20.7. The molecule has 178 valence electrons. The molecule has 2 aromatic carbocycles. The van der Waals surface area contributed by atoms with E-state index >= 15 is 0 Å². The van der Waals surface area contributed by atoms with E-state index in [0.717, 1.165) is 5.56 Å². The van der Waals surface area contributed by atoms with E-state index in [1.165, 1.54) is 18.3 Å². The number of carbonyl (C=O) groups is 2. The zero-order chi connectivity index (χ0) is 24.9. The van der Waals surface area contributed by atoms with Crippen molar-refractivity contribution in [1.82, 2.24) is 4.98 Å². The summed E-state index contributed by atoms with van der Waals surface area (Å²) in [4.78, 5) is 29.6. The Morgan fingerprint density at radius 1 is 0.971 bits per heavy atom. The van der Waals surface area contributed by atoms with E-state index in [-0.39, 0.29) is 28.9 Å². The topological polar surface area (TPSA) is 105 Å². The van der Waals surface area contributed by atoms with Gasteiger partial charge in [-0.2, -0.15) is 0 Å². The Kier molecular flexibility index (Phi) is 7.74. The van der Waals surface area contributed by atoms with Gasteiger partial charge >= 0.3 is 0 Å². The first-order valence-electron chi connectivity index (χ1n) is 10.7. The average molecular weight is 500 g/mol. The van der Waals surface area contributed by atoms with Crippen LogP contribution in [0.5, 0.6) is 0 Å². The van der Waals surface area contributed by atoms with Crippen LogP contribution in [0, 0.1) is 0 Å². The second kappa shape index (κ2) is 10.4. The molecule has 7 nitrogen and oxygen atoms in total. The van der Waals surface area contributed by atoms with Gasteiger partial charge in [0.15, 0.2) is 9.84 Å². The summed E-state index contributed by atoms with van der Waals surface area (Å²) in [5.74, 6) is -0.0797. The summed E-state index contributed by atoms with van der Waals surface area (Å²) in [5.41, 5.74) is 1.20. The lowest BCUT2D eigenvalue weighted by Crippen LogP contribution is -2.35. The van der Waals surface area contributed by atoms with Gasteiger partial charge in [0, 0.05) is 16.9 Å². The van der Waals surface area contributed by atoms with Crippen molar-refractivity contribution in [3.63, 3.8) is 0 Å². The highest BCUT2D eigenvalue weighted by Gasteiger charge is 2.30. The molecule has 0 saturated heterocycles. The van der Waals surface area contributed by atoms with E-state index in [4.69, 9.17) is 11.6 Å². The minimum absolute atomic E-state index is 0.0266. The smallest absolute Gasteiger partial charge is 0.235 e. The molecule has 2 amide bonds. The molecule has 0 aliphatic heterocycles. The summed E-state index contributed by atoms with van der Waals surface area (Å²) >= 11 is 5.95. The van der Waals surface area contributed by atoms with Crippen LogP contribution in [0.25, 0.3) is 0 Å². The molecule has 0 saturated carbocycles. The van der Waals surface area contributed by atoms with Crippen molar-refractivity contribution < 1.29 is 18.0 Å². The lowest BCUT2D eigenvalue weighted by atomic mass is 9.83. The highest BCUT2D eigenvalue weighted by Crippen LogP contribution is 2.27.